The number of furan rings is 1. The van der Waals surface area contributed by atoms with Gasteiger partial charge in [-0.2, -0.15) is 0 Å². The summed E-state index contributed by atoms with van der Waals surface area (Å²) in [6.07, 6.45) is 0. The molecule has 0 atom stereocenters. The van der Waals surface area contributed by atoms with E-state index in [9.17, 15) is 0 Å². The molecule has 0 unspecified atom stereocenters. The predicted octanol–water partition coefficient (Wildman–Crippen LogP) is 13.1. The fraction of sp³-hybridized carbons (Fsp3) is 0.0200. The van der Waals surface area contributed by atoms with Crippen LogP contribution in [0.1, 0.15) is 23.6 Å². The second-order valence-corrected chi connectivity index (χ2v) is 13.3. The van der Waals surface area contributed by atoms with E-state index in [0.717, 1.165) is 83.2 Å². The van der Waals surface area contributed by atoms with Crippen LogP contribution in [0.5, 0.6) is 0 Å². The van der Waals surface area contributed by atoms with Gasteiger partial charge in [0.1, 0.15) is 11.2 Å². The van der Waals surface area contributed by atoms with Gasteiger partial charge < -0.3 is 4.42 Å². The summed E-state index contributed by atoms with van der Waals surface area (Å²) in [7, 11) is 0. The van der Waals surface area contributed by atoms with Crippen molar-refractivity contribution in [2.75, 3.05) is 0 Å². The monoisotopic (exact) mass is 693 g/mol. The second kappa shape index (κ2) is 14.1. The lowest BCUT2D eigenvalue weighted by Gasteiger charge is -2.11. The maximum Gasteiger partial charge on any atom is 0.160 e. The summed E-state index contributed by atoms with van der Waals surface area (Å²) in [6, 6.07) is 62.2. The van der Waals surface area contributed by atoms with Gasteiger partial charge >= 0.3 is 0 Å². The number of benzene rings is 7. The van der Waals surface area contributed by atoms with E-state index in [0.29, 0.717) is 11.5 Å². The molecule has 0 N–H and O–H groups in total. The number of para-hydroxylation sites is 1. The molecule has 0 saturated heterocycles. The molecule has 0 spiro atoms. The van der Waals surface area contributed by atoms with Crippen LogP contribution in [0.2, 0.25) is 0 Å². The zero-order valence-electron chi connectivity index (χ0n) is 29.8. The molecule has 7 aromatic carbocycles. The highest BCUT2D eigenvalue weighted by atomic mass is 16.3. The van der Waals surface area contributed by atoms with Gasteiger partial charge in [0.15, 0.2) is 5.84 Å². The number of hydrogen-bond acceptors (Lipinski definition) is 3. The number of pyridine rings is 1. The van der Waals surface area contributed by atoms with Gasteiger partial charge in [0.25, 0.3) is 0 Å². The van der Waals surface area contributed by atoms with Crippen LogP contribution in [-0.2, 0) is 0 Å². The Morgan fingerprint density at radius 3 is 1.76 bits per heavy atom. The molecule has 0 saturated carbocycles. The molecule has 256 valence electrons. The first-order valence-electron chi connectivity index (χ1n) is 18.0. The van der Waals surface area contributed by atoms with Crippen molar-refractivity contribution in [2.24, 2.45) is 9.98 Å². The zero-order chi connectivity index (χ0) is 36.4. The normalized spacial score (nSPS) is 12.1. The number of hydrogen-bond donors (Lipinski definition) is 0. The van der Waals surface area contributed by atoms with Crippen LogP contribution < -0.4 is 0 Å². The molecule has 4 nitrogen and oxygen atoms in total. The topological polar surface area (TPSA) is 50.8 Å². The van der Waals surface area contributed by atoms with E-state index in [4.69, 9.17) is 19.4 Å². The van der Waals surface area contributed by atoms with Gasteiger partial charge in [0.05, 0.1) is 22.3 Å². The van der Waals surface area contributed by atoms with Crippen molar-refractivity contribution in [1.82, 2.24) is 4.98 Å². The number of amidine groups is 1. The van der Waals surface area contributed by atoms with E-state index in [1.807, 2.05) is 67.6 Å². The Morgan fingerprint density at radius 2 is 1.06 bits per heavy atom. The maximum atomic E-state index is 6.55. The summed E-state index contributed by atoms with van der Waals surface area (Å²) in [5.41, 5.74) is 13.3. The van der Waals surface area contributed by atoms with Crippen molar-refractivity contribution >= 4 is 50.1 Å². The van der Waals surface area contributed by atoms with E-state index in [1.54, 1.807) is 0 Å². The largest absolute Gasteiger partial charge is 0.455 e. The van der Waals surface area contributed by atoms with Crippen LogP contribution in [0, 0.1) is 0 Å². The van der Waals surface area contributed by atoms with Crippen LogP contribution in [-0.4, -0.2) is 16.5 Å². The Morgan fingerprint density at radius 1 is 0.500 bits per heavy atom. The molecule has 54 heavy (non-hydrogen) atoms. The van der Waals surface area contributed by atoms with Gasteiger partial charge in [-0.25, -0.2) is 15.0 Å². The molecule has 0 aliphatic carbocycles. The van der Waals surface area contributed by atoms with Crippen molar-refractivity contribution < 1.29 is 4.42 Å². The highest BCUT2D eigenvalue weighted by Crippen LogP contribution is 2.40. The van der Waals surface area contributed by atoms with E-state index in [2.05, 4.69) is 128 Å². The van der Waals surface area contributed by atoms with Crippen LogP contribution in [0.4, 0.5) is 0 Å². The van der Waals surface area contributed by atoms with Crippen molar-refractivity contribution in [1.29, 1.82) is 0 Å². The number of aromatic nitrogens is 1. The third-order valence-electron chi connectivity index (χ3n) is 9.86. The highest BCUT2D eigenvalue weighted by molar-refractivity contribution is 6.19. The van der Waals surface area contributed by atoms with Crippen molar-refractivity contribution in [2.45, 2.75) is 6.92 Å². The summed E-state index contributed by atoms with van der Waals surface area (Å²) in [5.74, 6) is 0.581. The second-order valence-electron chi connectivity index (χ2n) is 13.3. The Balaban J connectivity index is 1.14. The summed E-state index contributed by atoms with van der Waals surface area (Å²) < 4.78 is 6.55. The standard InChI is InChI=1S/C50H35N3O/c1-33(35-14-6-3-7-15-35)51-50(52-34(2)36-22-24-39(25-23-36)37-16-8-4-9-17-37)41-28-26-40(27-29-41)48-47-44-20-12-13-21-46(44)54-49(47)43-31-30-42(32-45(43)53-48)38-18-10-5-11-19-38/h3-32H,1H2,2H3. The molecule has 0 radical (unpaired) electrons. The molecule has 0 amide bonds. The summed E-state index contributed by atoms with van der Waals surface area (Å²) in [6.45, 7) is 6.34. The summed E-state index contributed by atoms with van der Waals surface area (Å²) in [5, 5.41) is 3.02. The van der Waals surface area contributed by atoms with E-state index < -0.39 is 0 Å². The zero-order valence-corrected chi connectivity index (χ0v) is 29.8. The first kappa shape index (κ1) is 32.7. The van der Waals surface area contributed by atoms with E-state index in [1.165, 1.54) is 5.56 Å². The van der Waals surface area contributed by atoms with Crippen molar-refractivity contribution in [3.8, 4) is 33.5 Å². The molecule has 0 aliphatic rings. The molecule has 9 rings (SSSR count). The van der Waals surface area contributed by atoms with Crippen LogP contribution in [0.25, 0.3) is 72.0 Å². The lowest BCUT2D eigenvalue weighted by Crippen LogP contribution is -2.04. The van der Waals surface area contributed by atoms with E-state index in [-0.39, 0.29) is 0 Å². The van der Waals surface area contributed by atoms with Crippen LogP contribution in [0.15, 0.2) is 203 Å². The Bertz CT molecular complexity index is 2850. The van der Waals surface area contributed by atoms with Gasteiger partial charge in [-0.15, -0.1) is 0 Å². The first-order chi connectivity index (χ1) is 26.6. The quantitative estimate of drug-likeness (QED) is 0.123. The van der Waals surface area contributed by atoms with Crippen LogP contribution in [0.3, 0.4) is 0 Å². The van der Waals surface area contributed by atoms with Crippen molar-refractivity contribution in [3.05, 3.63) is 205 Å². The fourth-order valence-corrected chi connectivity index (χ4v) is 6.99. The summed E-state index contributed by atoms with van der Waals surface area (Å²) >= 11 is 0. The number of rotatable bonds is 7. The van der Waals surface area contributed by atoms with E-state index >= 15 is 0 Å². The predicted molar refractivity (Wildman–Crippen MR) is 226 cm³/mol. The van der Waals surface area contributed by atoms with Gasteiger partial charge in [0, 0.05) is 27.6 Å². The minimum absolute atomic E-state index is 0.581. The molecule has 4 heteroatoms. The Hall–Kier alpha value is -7.17. The smallest absolute Gasteiger partial charge is 0.160 e. The Kier molecular flexibility index (Phi) is 8.54. The van der Waals surface area contributed by atoms with Gasteiger partial charge in [-0.3, -0.25) is 0 Å². The van der Waals surface area contributed by atoms with Crippen molar-refractivity contribution in [3.63, 3.8) is 0 Å². The van der Waals surface area contributed by atoms with Gasteiger partial charge in [0.2, 0.25) is 0 Å². The molecule has 2 aromatic heterocycles. The summed E-state index contributed by atoms with van der Waals surface area (Å²) in [4.78, 5) is 15.5. The minimum atomic E-state index is 0.581. The highest BCUT2D eigenvalue weighted by Gasteiger charge is 2.19. The SMILES string of the molecule is C=C(N=C(N=C(C)c1ccc(-c2ccccc2)cc1)c1ccc(-c2nc3cc(-c4ccccc4)ccc3c3oc4ccccc4c23)cc1)c1ccccc1. The lowest BCUT2D eigenvalue weighted by atomic mass is 9.99. The van der Waals surface area contributed by atoms with Crippen LogP contribution >= 0.6 is 0 Å². The molecule has 0 bridgehead atoms. The first-order valence-corrected chi connectivity index (χ1v) is 18.0. The molecular weight excluding hydrogens is 659 g/mol. The fourth-order valence-electron chi connectivity index (χ4n) is 6.99. The molecule has 0 fully saturated rings. The lowest BCUT2D eigenvalue weighted by molar-refractivity contribution is 0.672. The van der Waals surface area contributed by atoms with Gasteiger partial charge in [-0.05, 0) is 58.5 Å². The average Bonchev–Trinajstić information content (AvgIpc) is 3.64. The number of aliphatic imine (C=N–C) groups is 2. The maximum absolute atomic E-state index is 6.55. The third-order valence-corrected chi connectivity index (χ3v) is 9.86. The minimum Gasteiger partial charge on any atom is -0.455 e. The molecule has 9 aromatic rings. The Labute approximate surface area is 314 Å². The third kappa shape index (κ3) is 6.31. The van der Waals surface area contributed by atoms with Gasteiger partial charge in [-0.1, -0.05) is 170 Å². The average molecular weight is 694 g/mol. The number of nitrogens with zero attached hydrogens (tertiary/aromatic N) is 3. The number of fused-ring (bicyclic) bond motifs is 5. The molecular formula is C50H35N3O. The molecule has 0 aliphatic heterocycles. The molecule has 2 heterocycles.